The Morgan fingerprint density at radius 3 is 2.08 bits per heavy atom. The minimum absolute atomic E-state index is 0.102. The maximum Gasteiger partial charge on any atom is 0.210 e. The number of hydrogen-bond donors (Lipinski definition) is 1. The molecule has 1 saturated heterocycles. The number of aliphatic hydroxyl groups is 1. The molecule has 0 saturated carbocycles. The van der Waals surface area contributed by atoms with Gasteiger partial charge in [-0.05, 0) is 0 Å². The molecule has 1 N–H and O–H groups in total. The largest absolute Gasteiger partial charge is 0.396 e. The standard InChI is InChI=1S/C9H18NO2/c1-8(2)5-7(6-11)9(3,4)10(8)12/h7,11H,5-6H2,1-4H3/q+1. The molecule has 1 rings (SSSR count). The van der Waals surface area contributed by atoms with Crippen molar-refractivity contribution in [2.75, 3.05) is 6.61 Å². The predicted octanol–water partition coefficient (Wildman–Crippen LogP) is 1.33. The van der Waals surface area contributed by atoms with Crippen molar-refractivity contribution in [3.05, 3.63) is 4.91 Å². The van der Waals surface area contributed by atoms with E-state index in [1.165, 1.54) is 0 Å². The highest BCUT2D eigenvalue weighted by Crippen LogP contribution is 2.40. The molecule has 1 atom stereocenters. The lowest BCUT2D eigenvalue weighted by molar-refractivity contribution is -0.661. The van der Waals surface area contributed by atoms with Gasteiger partial charge in [0.25, 0.3) is 0 Å². The molecule has 1 aliphatic heterocycles. The van der Waals surface area contributed by atoms with Gasteiger partial charge in [0.1, 0.15) is 0 Å². The predicted molar refractivity (Wildman–Crippen MR) is 47.0 cm³/mol. The molecule has 0 spiro atoms. The molecule has 3 nitrogen and oxygen atoms in total. The van der Waals surface area contributed by atoms with Crippen molar-refractivity contribution in [1.82, 2.24) is 0 Å². The number of nitroso groups, excluding NO2 is 1. The van der Waals surface area contributed by atoms with Crippen LogP contribution in [0.25, 0.3) is 0 Å². The monoisotopic (exact) mass is 172 g/mol. The first-order valence-electron chi connectivity index (χ1n) is 4.40. The fourth-order valence-electron chi connectivity index (χ4n) is 2.17. The van der Waals surface area contributed by atoms with Gasteiger partial charge in [-0.15, -0.1) is 0 Å². The Hall–Kier alpha value is -0.440. The first-order valence-corrected chi connectivity index (χ1v) is 4.40. The second-order valence-electron chi connectivity index (χ2n) is 4.84. The lowest BCUT2D eigenvalue weighted by atomic mass is 9.88. The van der Waals surface area contributed by atoms with Gasteiger partial charge in [-0.2, -0.15) is 0 Å². The van der Waals surface area contributed by atoms with Gasteiger partial charge in [0.15, 0.2) is 0 Å². The van der Waals surface area contributed by atoms with Gasteiger partial charge in [0, 0.05) is 43.8 Å². The molecule has 0 amide bonds. The normalized spacial score (nSPS) is 32.4. The van der Waals surface area contributed by atoms with Crippen molar-refractivity contribution < 1.29 is 9.87 Å². The van der Waals surface area contributed by atoms with Crippen LogP contribution < -0.4 is 0 Å². The molecule has 3 heteroatoms. The zero-order valence-electron chi connectivity index (χ0n) is 8.29. The van der Waals surface area contributed by atoms with E-state index in [2.05, 4.69) is 0 Å². The van der Waals surface area contributed by atoms with Crippen LogP contribution in [0.15, 0.2) is 0 Å². The molecule has 0 aromatic heterocycles. The average Bonchev–Trinajstić information content (AvgIpc) is 2.11. The molecule has 0 radical (unpaired) electrons. The minimum atomic E-state index is -0.418. The summed E-state index contributed by atoms with van der Waals surface area (Å²) in [5.41, 5.74) is -0.741. The van der Waals surface area contributed by atoms with Crippen LogP contribution >= 0.6 is 0 Å². The van der Waals surface area contributed by atoms with Gasteiger partial charge < -0.3 is 5.11 Å². The van der Waals surface area contributed by atoms with Gasteiger partial charge in [0.2, 0.25) is 11.1 Å². The second kappa shape index (κ2) is 2.52. The van der Waals surface area contributed by atoms with E-state index in [4.69, 9.17) is 5.11 Å². The summed E-state index contributed by atoms with van der Waals surface area (Å²) in [4.78, 5) is 11.7. The third-order valence-electron chi connectivity index (χ3n) is 3.04. The van der Waals surface area contributed by atoms with E-state index < -0.39 is 5.54 Å². The van der Waals surface area contributed by atoms with Crippen molar-refractivity contribution in [1.29, 1.82) is 0 Å². The third-order valence-corrected chi connectivity index (χ3v) is 3.04. The Bertz CT molecular complexity index is 209. The number of hydrogen-bond acceptors (Lipinski definition) is 2. The molecular formula is C9H18NO2+. The smallest absolute Gasteiger partial charge is 0.210 e. The van der Waals surface area contributed by atoms with E-state index in [9.17, 15) is 4.91 Å². The summed E-state index contributed by atoms with van der Waals surface area (Å²) in [7, 11) is 0. The fourth-order valence-corrected chi connectivity index (χ4v) is 2.17. The first-order chi connectivity index (χ1) is 5.32. The molecule has 1 unspecified atom stereocenters. The van der Waals surface area contributed by atoms with Crippen molar-refractivity contribution in [3.63, 3.8) is 0 Å². The van der Waals surface area contributed by atoms with Crippen LogP contribution in [0.4, 0.5) is 0 Å². The average molecular weight is 172 g/mol. The van der Waals surface area contributed by atoms with Crippen molar-refractivity contribution in [2.24, 2.45) is 5.92 Å². The Kier molecular flexibility index (Phi) is 2.03. The van der Waals surface area contributed by atoms with E-state index in [0.29, 0.717) is 0 Å². The molecule has 1 fully saturated rings. The molecular weight excluding hydrogens is 154 g/mol. The van der Waals surface area contributed by atoms with Gasteiger partial charge >= 0.3 is 0 Å². The van der Waals surface area contributed by atoms with Crippen molar-refractivity contribution in [3.8, 4) is 0 Å². The molecule has 1 heterocycles. The first kappa shape index (κ1) is 9.65. The summed E-state index contributed by atoms with van der Waals surface area (Å²) < 4.78 is 1.13. The molecule has 70 valence electrons. The SMILES string of the molecule is CC1(C)CC(CO)C(C)(C)[N+]1=O. The van der Waals surface area contributed by atoms with Gasteiger partial charge in [0.05, 0.1) is 12.5 Å². The molecule has 0 aromatic rings. The van der Waals surface area contributed by atoms with Crippen LogP contribution in [0.5, 0.6) is 0 Å². The van der Waals surface area contributed by atoms with Crippen LogP contribution in [0.2, 0.25) is 0 Å². The number of rotatable bonds is 1. The summed E-state index contributed by atoms with van der Waals surface area (Å²) in [6.45, 7) is 7.76. The van der Waals surface area contributed by atoms with Crippen LogP contribution in [0.1, 0.15) is 34.1 Å². The second-order valence-corrected chi connectivity index (χ2v) is 4.84. The lowest BCUT2D eigenvalue weighted by Crippen LogP contribution is -2.40. The van der Waals surface area contributed by atoms with E-state index in [0.717, 1.165) is 11.2 Å². The summed E-state index contributed by atoms with van der Waals surface area (Å²) in [5, 5.41) is 9.09. The van der Waals surface area contributed by atoms with Crippen LogP contribution in [-0.2, 0) is 0 Å². The summed E-state index contributed by atoms with van der Waals surface area (Å²) in [5.74, 6) is 0.102. The number of aliphatic hydroxyl groups excluding tert-OH is 1. The minimum Gasteiger partial charge on any atom is -0.396 e. The topological polar surface area (TPSA) is 40.3 Å². The Morgan fingerprint density at radius 2 is 1.92 bits per heavy atom. The summed E-state index contributed by atoms with van der Waals surface area (Å²) in [6, 6.07) is 0. The van der Waals surface area contributed by atoms with Crippen molar-refractivity contribution in [2.45, 2.75) is 45.2 Å². The van der Waals surface area contributed by atoms with E-state index in [1.807, 2.05) is 27.7 Å². The van der Waals surface area contributed by atoms with Crippen LogP contribution in [-0.4, -0.2) is 27.6 Å². The maximum absolute atomic E-state index is 11.7. The van der Waals surface area contributed by atoms with E-state index >= 15 is 0 Å². The van der Waals surface area contributed by atoms with E-state index in [1.54, 1.807) is 0 Å². The quantitative estimate of drug-likeness (QED) is 0.606. The van der Waals surface area contributed by atoms with E-state index in [-0.39, 0.29) is 18.1 Å². The molecule has 0 bridgehead atoms. The van der Waals surface area contributed by atoms with Crippen molar-refractivity contribution >= 4 is 0 Å². The Morgan fingerprint density at radius 1 is 1.42 bits per heavy atom. The lowest BCUT2D eigenvalue weighted by Gasteiger charge is -2.15. The fraction of sp³-hybridized carbons (Fsp3) is 1.00. The third kappa shape index (κ3) is 1.16. The van der Waals surface area contributed by atoms with Crippen LogP contribution in [0, 0.1) is 10.8 Å². The van der Waals surface area contributed by atoms with Gasteiger partial charge in [-0.25, -0.2) is 0 Å². The summed E-state index contributed by atoms with van der Waals surface area (Å²) >= 11 is 0. The Labute approximate surface area is 73.4 Å². The molecule has 0 aliphatic carbocycles. The highest BCUT2D eigenvalue weighted by Gasteiger charge is 2.60. The van der Waals surface area contributed by atoms with Crippen LogP contribution in [0.3, 0.4) is 0 Å². The molecule has 12 heavy (non-hydrogen) atoms. The maximum atomic E-state index is 11.7. The molecule has 0 aromatic carbocycles. The zero-order chi connectivity index (χ0) is 9.57. The highest BCUT2D eigenvalue weighted by molar-refractivity contribution is 4.91. The zero-order valence-corrected chi connectivity index (χ0v) is 8.29. The highest BCUT2D eigenvalue weighted by atomic mass is 16.3. The van der Waals surface area contributed by atoms with Gasteiger partial charge in [-0.1, -0.05) is 0 Å². The molecule has 1 aliphatic rings. The number of nitrogens with zero attached hydrogens (tertiary/aromatic N) is 1. The summed E-state index contributed by atoms with van der Waals surface area (Å²) in [6.07, 6.45) is 0.778. The van der Waals surface area contributed by atoms with Gasteiger partial charge in [-0.3, -0.25) is 0 Å². The Balaban J connectivity index is 2.96.